The maximum atomic E-state index is 4.51. The minimum atomic E-state index is 0.436. The molecule has 102 valence electrons. The topological polar surface area (TPSA) is 29.9 Å². The van der Waals surface area contributed by atoms with E-state index in [1.54, 1.807) is 0 Å². The van der Waals surface area contributed by atoms with Crippen molar-refractivity contribution in [1.29, 1.82) is 0 Å². The molecule has 0 saturated heterocycles. The Bertz CT molecular complexity index is 339. The van der Waals surface area contributed by atoms with Crippen molar-refractivity contribution in [3.05, 3.63) is 18.2 Å². The van der Waals surface area contributed by atoms with E-state index in [1.807, 2.05) is 12.4 Å². The van der Waals surface area contributed by atoms with Crippen molar-refractivity contribution in [1.82, 2.24) is 14.9 Å². The third-order valence-electron chi connectivity index (χ3n) is 4.15. The van der Waals surface area contributed by atoms with Gasteiger partial charge >= 0.3 is 0 Å². The van der Waals surface area contributed by atoms with E-state index in [0.717, 1.165) is 12.5 Å². The van der Waals surface area contributed by atoms with Crippen molar-refractivity contribution in [2.75, 3.05) is 6.54 Å². The second-order valence-electron chi connectivity index (χ2n) is 5.63. The smallest absolute Gasteiger partial charge is 0.125 e. The molecule has 1 aliphatic rings. The number of aryl methyl sites for hydroxylation is 1. The van der Waals surface area contributed by atoms with Crippen molar-refractivity contribution in [2.45, 2.75) is 57.9 Å². The summed E-state index contributed by atoms with van der Waals surface area (Å²) in [5.41, 5.74) is 0. The van der Waals surface area contributed by atoms with Gasteiger partial charge in [0.2, 0.25) is 0 Å². The lowest BCUT2D eigenvalue weighted by atomic mass is 9.98. The second kappa shape index (κ2) is 6.93. The SMILES string of the molecule is CCCNC(CCC1CCCC1)c1nccn1C. The Morgan fingerprint density at radius 2 is 2.22 bits per heavy atom. The number of rotatable bonds is 7. The van der Waals surface area contributed by atoms with Crippen LogP contribution in [0.5, 0.6) is 0 Å². The van der Waals surface area contributed by atoms with Gasteiger partial charge in [-0.25, -0.2) is 4.98 Å². The van der Waals surface area contributed by atoms with E-state index in [-0.39, 0.29) is 0 Å². The summed E-state index contributed by atoms with van der Waals surface area (Å²) in [4.78, 5) is 4.51. The number of aromatic nitrogens is 2. The van der Waals surface area contributed by atoms with Crippen LogP contribution in [0.4, 0.5) is 0 Å². The zero-order chi connectivity index (χ0) is 12.8. The molecule has 1 aromatic rings. The van der Waals surface area contributed by atoms with Gasteiger partial charge in [0.05, 0.1) is 6.04 Å². The highest BCUT2D eigenvalue weighted by Crippen LogP contribution is 2.31. The Labute approximate surface area is 111 Å². The Morgan fingerprint density at radius 3 is 2.83 bits per heavy atom. The summed E-state index contributed by atoms with van der Waals surface area (Å²) in [6, 6.07) is 0.436. The molecule has 0 bridgehead atoms. The molecular formula is C15H27N3. The first-order valence-corrected chi connectivity index (χ1v) is 7.52. The van der Waals surface area contributed by atoms with Crippen LogP contribution in [0.2, 0.25) is 0 Å². The zero-order valence-corrected chi connectivity index (χ0v) is 11.9. The minimum absolute atomic E-state index is 0.436. The molecule has 3 nitrogen and oxygen atoms in total. The summed E-state index contributed by atoms with van der Waals surface area (Å²) < 4.78 is 2.15. The highest BCUT2D eigenvalue weighted by molar-refractivity contribution is 4.98. The predicted molar refractivity (Wildman–Crippen MR) is 75.4 cm³/mol. The van der Waals surface area contributed by atoms with Crippen molar-refractivity contribution in [2.24, 2.45) is 13.0 Å². The largest absolute Gasteiger partial charge is 0.337 e. The van der Waals surface area contributed by atoms with Crippen LogP contribution in [-0.4, -0.2) is 16.1 Å². The number of nitrogens with zero attached hydrogens (tertiary/aromatic N) is 2. The van der Waals surface area contributed by atoms with Crippen LogP contribution >= 0.6 is 0 Å². The third kappa shape index (κ3) is 3.58. The minimum Gasteiger partial charge on any atom is -0.337 e. The predicted octanol–water partition coefficient (Wildman–Crippen LogP) is 3.43. The Kier molecular flexibility index (Phi) is 5.24. The molecule has 1 N–H and O–H groups in total. The molecule has 3 heteroatoms. The van der Waals surface area contributed by atoms with Crippen LogP contribution < -0.4 is 5.32 Å². The van der Waals surface area contributed by atoms with Gasteiger partial charge in [-0.3, -0.25) is 0 Å². The highest BCUT2D eigenvalue weighted by Gasteiger charge is 2.20. The summed E-state index contributed by atoms with van der Waals surface area (Å²) in [6.07, 6.45) is 13.5. The van der Waals surface area contributed by atoms with E-state index in [2.05, 4.69) is 28.8 Å². The van der Waals surface area contributed by atoms with Gasteiger partial charge in [0, 0.05) is 19.4 Å². The fourth-order valence-corrected chi connectivity index (χ4v) is 3.06. The summed E-state index contributed by atoms with van der Waals surface area (Å²) in [5, 5.41) is 3.65. The number of hydrogen-bond acceptors (Lipinski definition) is 2. The van der Waals surface area contributed by atoms with Crippen molar-refractivity contribution in [3.8, 4) is 0 Å². The first kappa shape index (κ1) is 13.6. The molecular weight excluding hydrogens is 222 g/mol. The lowest BCUT2D eigenvalue weighted by Crippen LogP contribution is -2.25. The molecule has 1 heterocycles. The van der Waals surface area contributed by atoms with Crippen LogP contribution in [0.1, 0.15) is 63.7 Å². The van der Waals surface area contributed by atoms with Crippen LogP contribution in [0, 0.1) is 5.92 Å². The van der Waals surface area contributed by atoms with Gasteiger partial charge in [-0.15, -0.1) is 0 Å². The fourth-order valence-electron chi connectivity index (χ4n) is 3.06. The summed E-state index contributed by atoms with van der Waals surface area (Å²) in [6.45, 7) is 3.31. The first-order chi connectivity index (χ1) is 8.81. The molecule has 18 heavy (non-hydrogen) atoms. The highest BCUT2D eigenvalue weighted by atomic mass is 15.1. The zero-order valence-electron chi connectivity index (χ0n) is 11.9. The normalized spacial score (nSPS) is 18.3. The molecule has 0 aliphatic heterocycles. The lowest BCUT2D eigenvalue weighted by Gasteiger charge is -2.20. The molecule has 1 aromatic heterocycles. The van der Waals surface area contributed by atoms with E-state index in [4.69, 9.17) is 0 Å². The van der Waals surface area contributed by atoms with Gasteiger partial charge in [-0.2, -0.15) is 0 Å². The average Bonchev–Trinajstić information content (AvgIpc) is 3.01. The second-order valence-corrected chi connectivity index (χ2v) is 5.63. The quantitative estimate of drug-likeness (QED) is 0.802. The Morgan fingerprint density at radius 1 is 1.44 bits per heavy atom. The maximum absolute atomic E-state index is 4.51. The summed E-state index contributed by atoms with van der Waals surface area (Å²) >= 11 is 0. The molecule has 0 radical (unpaired) electrons. The van der Waals surface area contributed by atoms with Gasteiger partial charge in [-0.1, -0.05) is 32.6 Å². The van der Waals surface area contributed by atoms with Gasteiger partial charge < -0.3 is 9.88 Å². The van der Waals surface area contributed by atoms with Crippen molar-refractivity contribution in [3.63, 3.8) is 0 Å². The molecule has 1 fully saturated rings. The monoisotopic (exact) mass is 249 g/mol. The van der Waals surface area contributed by atoms with E-state index in [0.29, 0.717) is 6.04 Å². The van der Waals surface area contributed by atoms with E-state index in [1.165, 1.54) is 50.8 Å². The molecule has 0 amide bonds. The first-order valence-electron chi connectivity index (χ1n) is 7.52. The lowest BCUT2D eigenvalue weighted by molar-refractivity contribution is 0.396. The maximum Gasteiger partial charge on any atom is 0.125 e. The van der Waals surface area contributed by atoms with E-state index in [9.17, 15) is 0 Å². The molecule has 1 aliphatic carbocycles. The van der Waals surface area contributed by atoms with Gasteiger partial charge in [-0.05, 0) is 31.7 Å². The van der Waals surface area contributed by atoms with Crippen molar-refractivity contribution >= 4 is 0 Å². The molecule has 2 rings (SSSR count). The van der Waals surface area contributed by atoms with Crippen molar-refractivity contribution < 1.29 is 0 Å². The Balaban J connectivity index is 1.90. The molecule has 0 spiro atoms. The third-order valence-corrected chi connectivity index (χ3v) is 4.15. The molecule has 1 atom stereocenters. The molecule has 1 unspecified atom stereocenters. The van der Waals surface area contributed by atoms with Gasteiger partial charge in [0.15, 0.2) is 0 Å². The standard InChI is InChI=1S/C15H27N3/c1-3-10-16-14(15-17-11-12-18(15)2)9-8-13-6-4-5-7-13/h11-14,16H,3-10H2,1-2H3. The van der Waals surface area contributed by atoms with Crippen LogP contribution in [0.15, 0.2) is 12.4 Å². The van der Waals surface area contributed by atoms with Crippen LogP contribution in [0.25, 0.3) is 0 Å². The summed E-state index contributed by atoms with van der Waals surface area (Å²) in [7, 11) is 2.10. The number of hydrogen-bond donors (Lipinski definition) is 1. The number of imidazole rings is 1. The van der Waals surface area contributed by atoms with Crippen LogP contribution in [-0.2, 0) is 7.05 Å². The molecule has 1 saturated carbocycles. The van der Waals surface area contributed by atoms with Gasteiger partial charge in [0.1, 0.15) is 5.82 Å². The van der Waals surface area contributed by atoms with E-state index >= 15 is 0 Å². The summed E-state index contributed by atoms with van der Waals surface area (Å²) in [5.74, 6) is 2.16. The average molecular weight is 249 g/mol. The molecule has 0 aromatic carbocycles. The van der Waals surface area contributed by atoms with Crippen LogP contribution in [0.3, 0.4) is 0 Å². The number of nitrogens with one attached hydrogen (secondary N) is 1. The van der Waals surface area contributed by atoms with Gasteiger partial charge in [0.25, 0.3) is 0 Å². The Hall–Kier alpha value is -0.830. The fraction of sp³-hybridized carbons (Fsp3) is 0.800. The van der Waals surface area contributed by atoms with E-state index < -0.39 is 0 Å².